The molecule has 0 aliphatic carbocycles. The summed E-state index contributed by atoms with van der Waals surface area (Å²) in [4.78, 5) is 4.13. The van der Waals surface area contributed by atoms with Gasteiger partial charge in [0.2, 0.25) is 0 Å². The Bertz CT molecular complexity index is 286. The van der Waals surface area contributed by atoms with Gasteiger partial charge >= 0.3 is 0 Å². The van der Waals surface area contributed by atoms with Crippen molar-refractivity contribution in [3.8, 4) is 0 Å². The van der Waals surface area contributed by atoms with Crippen molar-refractivity contribution < 1.29 is 9.84 Å². The Kier molecular flexibility index (Phi) is 4.04. The van der Waals surface area contributed by atoms with Crippen LogP contribution in [0.4, 0.5) is 0 Å². The summed E-state index contributed by atoms with van der Waals surface area (Å²) in [6.07, 6.45) is 1.19. The van der Waals surface area contributed by atoms with Crippen LogP contribution in [-0.4, -0.2) is 22.8 Å². The first kappa shape index (κ1) is 11.1. The Morgan fingerprint density at radius 2 is 2.21 bits per heavy atom. The van der Waals surface area contributed by atoms with Crippen molar-refractivity contribution in [3.05, 3.63) is 29.6 Å². The lowest BCUT2D eigenvalue weighted by atomic mass is 10.1. The van der Waals surface area contributed by atoms with Crippen LogP contribution in [0.25, 0.3) is 0 Å². The van der Waals surface area contributed by atoms with Gasteiger partial charge in [-0.15, -0.1) is 0 Å². The van der Waals surface area contributed by atoms with Crippen LogP contribution in [0.15, 0.2) is 18.3 Å². The molecule has 1 rings (SSSR count). The summed E-state index contributed by atoms with van der Waals surface area (Å²) in [6, 6.07) is 3.79. The summed E-state index contributed by atoms with van der Waals surface area (Å²) in [6.45, 7) is 6.12. The fourth-order valence-electron chi connectivity index (χ4n) is 1.21. The van der Waals surface area contributed by atoms with E-state index < -0.39 is 6.10 Å². The number of hydrogen-bond acceptors (Lipinski definition) is 3. The van der Waals surface area contributed by atoms with Gasteiger partial charge in [-0.25, -0.2) is 0 Å². The number of aliphatic hydroxyl groups is 1. The second-order valence-corrected chi connectivity index (χ2v) is 3.60. The van der Waals surface area contributed by atoms with Crippen molar-refractivity contribution in [1.29, 1.82) is 0 Å². The highest BCUT2D eigenvalue weighted by molar-refractivity contribution is 5.19. The van der Waals surface area contributed by atoms with Gasteiger partial charge in [-0.2, -0.15) is 0 Å². The normalized spacial score (nSPS) is 13.2. The monoisotopic (exact) mass is 195 g/mol. The van der Waals surface area contributed by atoms with Crippen molar-refractivity contribution in [2.45, 2.75) is 33.0 Å². The second-order valence-electron chi connectivity index (χ2n) is 3.60. The minimum atomic E-state index is -0.626. The molecule has 1 N–H and O–H groups in total. The third kappa shape index (κ3) is 3.09. The van der Waals surface area contributed by atoms with Crippen LogP contribution in [0.2, 0.25) is 0 Å². The first-order chi connectivity index (χ1) is 6.61. The molecule has 0 amide bonds. The quantitative estimate of drug-likeness (QED) is 0.797. The second kappa shape index (κ2) is 5.08. The molecule has 0 spiro atoms. The van der Waals surface area contributed by atoms with Gasteiger partial charge in [-0.1, -0.05) is 6.07 Å². The fraction of sp³-hybridized carbons (Fsp3) is 0.545. The molecule has 0 radical (unpaired) electrons. The zero-order valence-corrected chi connectivity index (χ0v) is 8.90. The highest BCUT2D eigenvalue weighted by Gasteiger charge is 2.11. The smallest absolute Gasteiger partial charge is 0.119 e. The average molecular weight is 195 g/mol. The van der Waals surface area contributed by atoms with Gasteiger partial charge in [0.1, 0.15) is 6.10 Å². The van der Waals surface area contributed by atoms with Crippen LogP contribution in [0.3, 0.4) is 0 Å². The van der Waals surface area contributed by atoms with E-state index in [-0.39, 0.29) is 6.10 Å². The minimum absolute atomic E-state index is 0.133. The predicted octanol–water partition coefficient (Wildman–Crippen LogP) is 1.85. The standard InChI is InChI=1S/C11H17NO2/c1-8(2)14-7-10(13)11-9(3)5-4-6-12-11/h4-6,8,10,13H,7H2,1-3H3. The zero-order chi connectivity index (χ0) is 10.6. The van der Waals surface area contributed by atoms with Crippen LogP contribution >= 0.6 is 0 Å². The van der Waals surface area contributed by atoms with E-state index in [9.17, 15) is 5.11 Å². The summed E-state index contributed by atoms with van der Waals surface area (Å²) in [7, 11) is 0. The lowest BCUT2D eigenvalue weighted by molar-refractivity contribution is 0.00301. The number of ether oxygens (including phenoxy) is 1. The third-order valence-electron chi connectivity index (χ3n) is 1.95. The lowest BCUT2D eigenvalue weighted by Gasteiger charge is -2.14. The van der Waals surface area contributed by atoms with Gasteiger partial charge < -0.3 is 9.84 Å². The summed E-state index contributed by atoms with van der Waals surface area (Å²) in [5, 5.41) is 9.76. The highest BCUT2D eigenvalue weighted by Crippen LogP contribution is 2.14. The van der Waals surface area contributed by atoms with E-state index in [0.717, 1.165) is 5.56 Å². The molecule has 0 saturated carbocycles. The van der Waals surface area contributed by atoms with E-state index in [4.69, 9.17) is 4.74 Å². The number of aromatic nitrogens is 1. The molecular weight excluding hydrogens is 178 g/mol. The SMILES string of the molecule is Cc1cccnc1C(O)COC(C)C. The maximum Gasteiger partial charge on any atom is 0.119 e. The molecule has 1 aromatic rings. The zero-order valence-electron chi connectivity index (χ0n) is 8.90. The molecule has 78 valence electrons. The van der Waals surface area contributed by atoms with Gasteiger partial charge in [0, 0.05) is 6.20 Å². The molecule has 3 heteroatoms. The Labute approximate surface area is 84.7 Å². The summed E-state index contributed by atoms with van der Waals surface area (Å²) >= 11 is 0. The van der Waals surface area contributed by atoms with E-state index in [1.807, 2.05) is 32.9 Å². The molecule has 1 unspecified atom stereocenters. The van der Waals surface area contributed by atoms with E-state index in [1.54, 1.807) is 6.20 Å². The molecule has 0 bridgehead atoms. The molecular formula is C11H17NO2. The summed E-state index contributed by atoms with van der Waals surface area (Å²) in [5.74, 6) is 0. The van der Waals surface area contributed by atoms with Crippen molar-refractivity contribution in [1.82, 2.24) is 4.98 Å². The Hall–Kier alpha value is -0.930. The molecule has 0 aromatic carbocycles. The molecule has 0 saturated heterocycles. The van der Waals surface area contributed by atoms with Gasteiger partial charge in [0.15, 0.2) is 0 Å². The number of rotatable bonds is 4. The highest BCUT2D eigenvalue weighted by atomic mass is 16.5. The van der Waals surface area contributed by atoms with Crippen LogP contribution in [0.5, 0.6) is 0 Å². The minimum Gasteiger partial charge on any atom is -0.384 e. The molecule has 1 heterocycles. The molecule has 1 atom stereocenters. The third-order valence-corrected chi connectivity index (χ3v) is 1.95. The predicted molar refractivity (Wildman–Crippen MR) is 55.0 cm³/mol. The lowest BCUT2D eigenvalue weighted by Crippen LogP contribution is -2.13. The van der Waals surface area contributed by atoms with Crippen molar-refractivity contribution in [2.24, 2.45) is 0 Å². The number of hydrogen-bond donors (Lipinski definition) is 1. The molecule has 3 nitrogen and oxygen atoms in total. The number of aliphatic hydroxyl groups excluding tert-OH is 1. The molecule has 14 heavy (non-hydrogen) atoms. The van der Waals surface area contributed by atoms with Crippen molar-refractivity contribution >= 4 is 0 Å². The molecule has 0 aliphatic heterocycles. The van der Waals surface area contributed by atoms with Crippen LogP contribution in [0, 0.1) is 6.92 Å². The number of nitrogens with zero attached hydrogens (tertiary/aromatic N) is 1. The first-order valence-corrected chi connectivity index (χ1v) is 4.82. The largest absolute Gasteiger partial charge is 0.384 e. The Morgan fingerprint density at radius 1 is 1.50 bits per heavy atom. The van der Waals surface area contributed by atoms with Crippen LogP contribution < -0.4 is 0 Å². The van der Waals surface area contributed by atoms with E-state index in [1.165, 1.54) is 0 Å². The average Bonchev–Trinajstić information content (AvgIpc) is 2.15. The van der Waals surface area contributed by atoms with Crippen LogP contribution in [-0.2, 0) is 4.74 Å². The fourth-order valence-corrected chi connectivity index (χ4v) is 1.21. The van der Waals surface area contributed by atoms with Crippen molar-refractivity contribution in [3.63, 3.8) is 0 Å². The maximum atomic E-state index is 9.76. The first-order valence-electron chi connectivity index (χ1n) is 4.82. The van der Waals surface area contributed by atoms with E-state index in [0.29, 0.717) is 12.3 Å². The summed E-state index contributed by atoms with van der Waals surface area (Å²) < 4.78 is 5.32. The summed E-state index contributed by atoms with van der Waals surface area (Å²) in [5.41, 5.74) is 1.69. The van der Waals surface area contributed by atoms with Gasteiger partial charge in [-0.05, 0) is 32.4 Å². The topological polar surface area (TPSA) is 42.4 Å². The molecule has 0 fully saturated rings. The van der Waals surface area contributed by atoms with E-state index in [2.05, 4.69) is 4.98 Å². The maximum absolute atomic E-state index is 9.76. The molecule has 0 aliphatic rings. The van der Waals surface area contributed by atoms with Gasteiger partial charge in [0.25, 0.3) is 0 Å². The molecule has 1 aromatic heterocycles. The van der Waals surface area contributed by atoms with Gasteiger partial charge in [0.05, 0.1) is 18.4 Å². The van der Waals surface area contributed by atoms with Crippen LogP contribution in [0.1, 0.15) is 31.2 Å². The number of pyridine rings is 1. The van der Waals surface area contributed by atoms with E-state index >= 15 is 0 Å². The Balaban J connectivity index is 2.60. The number of aryl methyl sites for hydroxylation is 1. The van der Waals surface area contributed by atoms with Gasteiger partial charge in [-0.3, -0.25) is 4.98 Å². The Morgan fingerprint density at radius 3 is 2.79 bits per heavy atom. The van der Waals surface area contributed by atoms with Crippen molar-refractivity contribution in [2.75, 3.05) is 6.61 Å².